The Morgan fingerprint density at radius 2 is 1.68 bits per heavy atom. The predicted octanol–water partition coefficient (Wildman–Crippen LogP) is 1.92. The summed E-state index contributed by atoms with van der Waals surface area (Å²) in [7, 11) is 0. The Morgan fingerprint density at radius 3 is 2.28 bits per heavy atom. The number of fused-ring (bicyclic) bond motifs is 5. The van der Waals surface area contributed by atoms with Gasteiger partial charge in [0.25, 0.3) is 0 Å². The fourth-order valence-electron chi connectivity index (χ4n) is 4.28. The minimum Gasteiger partial charge on any atom is -0.336 e. The van der Waals surface area contributed by atoms with Crippen molar-refractivity contribution in [2.45, 2.75) is 13.3 Å². The molecule has 25 heavy (non-hydrogen) atoms. The molecule has 0 spiro atoms. The normalized spacial score (nSPS) is 29.2. The Labute approximate surface area is 146 Å². The van der Waals surface area contributed by atoms with Crippen molar-refractivity contribution in [3.8, 4) is 0 Å². The van der Waals surface area contributed by atoms with Crippen molar-refractivity contribution in [1.29, 1.82) is 0 Å². The van der Waals surface area contributed by atoms with Gasteiger partial charge in [0.1, 0.15) is 0 Å². The summed E-state index contributed by atoms with van der Waals surface area (Å²) in [6, 6.07) is 7.14. The summed E-state index contributed by atoms with van der Waals surface area (Å²) in [5, 5.41) is 5.44. The van der Waals surface area contributed by atoms with Crippen LogP contribution in [0.4, 0.5) is 10.5 Å². The molecule has 130 valence electrons. The number of amides is 4. The second kappa shape index (κ2) is 6.02. The SMILES string of the molecule is Cc1ccc(NC(=O)NCCN2C(=O)[C@H]3[C@H](C2=O)[C@H]2C=C[C@H]3C2)cc1. The van der Waals surface area contributed by atoms with Crippen LogP contribution < -0.4 is 10.6 Å². The van der Waals surface area contributed by atoms with E-state index in [1.54, 1.807) is 0 Å². The number of nitrogens with zero attached hydrogens (tertiary/aromatic N) is 1. The van der Waals surface area contributed by atoms with Gasteiger partial charge < -0.3 is 10.6 Å². The van der Waals surface area contributed by atoms with E-state index < -0.39 is 0 Å². The van der Waals surface area contributed by atoms with Crippen molar-refractivity contribution in [3.63, 3.8) is 0 Å². The van der Waals surface area contributed by atoms with Crippen molar-refractivity contribution in [2.75, 3.05) is 18.4 Å². The van der Waals surface area contributed by atoms with E-state index in [1.807, 2.05) is 31.2 Å². The van der Waals surface area contributed by atoms with Gasteiger partial charge in [-0.1, -0.05) is 29.8 Å². The first kappa shape index (κ1) is 15.9. The van der Waals surface area contributed by atoms with E-state index in [0.717, 1.165) is 12.0 Å². The topological polar surface area (TPSA) is 78.5 Å². The van der Waals surface area contributed by atoms with Crippen molar-refractivity contribution in [2.24, 2.45) is 23.7 Å². The highest BCUT2D eigenvalue weighted by molar-refractivity contribution is 6.06. The zero-order valence-corrected chi connectivity index (χ0v) is 14.1. The lowest BCUT2D eigenvalue weighted by atomic mass is 9.85. The summed E-state index contributed by atoms with van der Waals surface area (Å²) in [5.41, 5.74) is 1.82. The number of carbonyl (C=O) groups excluding carboxylic acids is 3. The summed E-state index contributed by atoms with van der Waals surface area (Å²) in [4.78, 5) is 38.3. The first-order valence-electron chi connectivity index (χ1n) is 8.69. The monoisotopic (exact) mass is 339 g/mol. The number of hydrogen-bond donors (Lipinski definition) is 2. The van der Waals surface area contributed by atoms with Gasteiger partial charge in [0.05, 0.1) is 11.8 Å². The molecule has 1 heterocycles. The van der Waals surface area contributed by atoms with Crippen LogP contribution in [0.2, 0.25) is 0 Å². The number of rotatable bonds is 4. The number of nitrogens with one attached hydrogen (secondary N) is 2. The van der Waals surface area contributed by atoms with Crippen molar-refractivity contribution < 1.29 is 14.4 Å². The molecule has 4 atom stereocenters. The van der Waals surface area contributed by atoms with E-state index in [-0.39, 0.29) is 54.6 Å². The molecule has 2 aliphatic carbocycles. The lowest BCUT2D eigenvalue weighted by Crippen LogP contribution is -2.40. The third kappa shape index (κ3) is 2.71. The molecule has 0 aromatic heterocycles. The van der Waals surface area contributed by atoms with Crippen LogP contribution in [0.15, 0.2) is 36.4 Å². The summed E-state index contributed by atoms with van der Waals surface area (Å²) >= 11 is 0. The second-order valence-electron chi connectivity index (χ2n) is 7.07. The van der Waals surface area contributed by atoms with Crippen molar-refractivity contribution in [1.82, 2.24) is 10.2 Å². The number of aryl methyl sites for hydroxylation is 1. The van der Waals surface area contributed by atoms with E-state index in [1.165, 1.54) is 4.90 Å². The zero-order chi connectivity index (χ0) is 17.6. The van der Waals surface area contributed by atoms with Gasteiger partial charge in [0, 0.05) is 18.8 Å². The first-order chi connectivity index (χ1) is 12.0. The lowest BCUT2D eigenvalue weighted by Gasteiger charge is -2.17. The average molecular weight is 339 g/mol. The van der Waals surface area contributed by atoms with Gasteiger partial charge in [-0.15, -0.1) is 0 Å². The molecule has 1 aromatic carbocycles. The molecular weight excluding hydrogens is 318 g/mol. The van der Waals surface area contributed by atoms with Crippen molar-refractivity contribution >= 4 is 23.5 Å². The number of hydrogen-bond acceptors (Lipinski definition) is 3. The van der Waals surface area contributed by atoms with E-state index in [4.69, 9.17) is 0 Å². The quantitative estimate of drug-likeness (QED) is 0.650. The van der Waals surface area contributed by atoms with Crippen LogP contribution in [0.5, 0.6) is 0 Å². The van der Waals surface area contributed by atoms with Gasteiger partial charge >= 0.3 is 6.03 Å². The Morgan fingerprint density at radius 1 is 1.08 bits per heavy atom. The first-order valence-corrected chi connectivity index (χ1v) is 8.69. The minimum absolute atomic E-state index is 0.0763. The standard InChI is InChI=1S/C19H21N3O3/c1-11-2-6-14(7-3-11)21-19(25)20-8-9-22-17(23)15-12-4-5-13(10-12)16(15)18(22)24/h2-7,12-13,15-16H,8-10H2,1H3,(H2,20,21,25)/t12-,13-,15+,16+/m0/s1. The Kier molecular flexibility index (Phi) is 3.82. The number of likely N-dealkylation sites (tertiary alicyclic amines) is 1. The van der Waals surface area contributed by atoms with Crippen LogP contribution in [-0.2, 0) is 9.59 Å². The molecule has 0 radical (unpaired) electrons. The molecule has 4 amide bonds. The molecule has 1 aromatic rings. The maximum Gasteiger partial charge on any atom is 0.319 e. The van der Waals surface area contributed by atoms with Gasteiger partial charge in [0.2, 0.25) is 11.8 Å². The molecule has 6 heteroatoms. The maximum atomic E-state index is 12.5. The van der Waals surface area contributed by atoms with E-state index in [9.17, 15) is 14.4 Å². The van der Waals surface area contributed by atoms with Crippen LogP contribution in [0.1, 0.15) is 12.0 Å². The van der Waals surface area contributed by atoms with Crippen LogP contribution in [-0.4, -0.2) is 35.8 Å². The van der Waals surface area contributed by atoms with Gasteiger partial charge in [-0.05, 0) is 37.3 Å². The Balaban J connectivity index is 1.29. The third-order valence-electron chi connectivity index (χ3n) is 5.49. The van der Waals surface area contributed by atoms with E-state index in [0.29, 0.717) is 5.69 Å². The fourth-order valence-corrected chi connectivity index (χ4v) is 4.28. The van der Waals surface area contributed by atoms with Gasteiger partial charge in [-0.25, -0.2) is 4.79 Å². The van der Waals surface area contributed by atoms with Crippen LogP contribution >= 0.6 is 0 Å². The number of allylic oxidation sites excluding steroid dienone is 2. The van der Waals surface area contributed by atoms with E-state index >= 15 is 0 Å². The fraction of sp³-hybridized carbons (Fsp3) is 0.421. The second-order valence-corrected chi connectivity index (χ2v) is 7.07. The summed E-state index contributed by atoms with van der Waals surface area (Å²) < 4.78 is 0. The third-order valence-corrected chi connectivity index (χ3v) is 5.49. The molecule has 1 saturated heterocycles. The molecule has 0 unspecified atom stereocenters. The molecule has 3 aliphatic rings. The zero-order valence-electron chi connectivity index (χ0n) is 14.1. The summed E-state index contributed by atoms with van der Waals surface area (Å²) in [5.74, 6) is -0.0727. The number of benzene rings is 1. The molecule has 2 N–H and O–H groups in total. The lowest BCUT2D eigenvalue weighted by molar-refractivity contribution is -0.140. The van der Waals surface area contributed by atoms with Gasteiger partial charge in [0.15, 0.2) is 0 Å². The average Bonchev–Trinajstić information content (AvgIpc) is 3.26. The smallest absolute Gasteiger partial charge is 0.319 e. The molecule has 2 bridgehead atoms. The number of imide groups is 1. The molecule has 6 nitrogen and oxygen atoms in total. The van der Waals surface area contributed by atoms with Crippen LogP contribution in [0.3, 0.4) is 0 Å². The largest absolute Gasteiger partial charge is 0.336 e. The minimum atomic E-state index is -0.343. The van der Waals surface area contributed by atoms with Gasteiger partial charge in [-0.3, -0.25) is 14.5 Å². The number of urea groups is 1. The van der Waals surface area contributed by atoms with Crippen molar-refractivity contribution in [3.05, 3.63) is 42.0 Å². The highest BCUT2D eigenvalue weighted by Crippen LogP contribution is 2.52. The van der Waals surface area contributed by atoms with Crippen LogP contribution in [0.25, 0.3) is 0 Å². The number of carbonyl (C=O) groups is 3. The predicted molar refractivity (Wildman–Crippen MR) is 92.6 cm³/mol. The molecular formula is C19H21N3O3. The Hall–Kier alpha value is -2.63. The molecule has 2 fully saturated rings. The Bertz CT molecular complexity index is 726. The summed E-state index contributed by atoms with van der Waals surface area (Å²) in [6.07, 6.45) is 5.08. The highest BCUT2D eigenvalue weighted by atomic mass is 16.2. The number of anilines is 1. The van der Waals surface area contributed by atoms with Crippen LogP contribution in [0, 0.1) is 30.6 Å². The highest BCUT2D eigenvalue weighted by Gasteiger charge is 2.58. The van der Waals surface area contributed by atoms with E-state index in [2.05, 4.69) is 22.8 Å². The molecule has 1 aliphatic heterocycles. The summed E-state index contributed by atoms with van der Waals surface area (Å²) in [6.45, 7) is 2.45. The molecule has 4 rings (SSSR count). The maximum absolute atomic E-state index is 12.5. The van der Waals surface area contributed by atoms with Gasteiger partial charge in [-0.2, -0.15) is 0 Å². The molecule has 1 saturated carbocycles.